The van der Waals surface area contributed by atoms with E-state index in [4.69, 9.17) is 0 Å². The van der Waals surface area contributed by atoms with E-state index in [-0.39, 0.29) is 18.6 Å². The Labute approximate surface area is 101 Å². The minimum Gasteiger partial charge on any atom is -0.393 e. The van der Waals surface area contributed by atoms with Crippen LogP contribution in [-0.2, 0) is 6.54 Å². The van der Waals surface area contributed by atoms with Crippen LogP contribution >= 0.6 is 0 Å². The van der Waals surface area contributed by atoms with Crippen LogP contribution in [0.3, 0.4) is 0 Å². The molecule has 0 aliphatic rings. The second-order valence-electron chi connectivity index (χ2n) is 4.51. The first-order valence-electron chi connectivity index (χ1n) is 5.83. The number of aliphatic hydroxyl groups is 1. The highest BCUT2D eigenvalue weighted by atomic mass is 19.1. The largest absolute Gasteiger partial charge is 0.393 e. The molecule has 0 saturated heterocycles. The third-order valence-corrected chi connectivity index (χ3v) is 2.71. The molecule has 0 spiro atoms. The zero-order valence-electron chi connectivity index (χ0n) is 10.2. The van der Waals surface area contributed by atoms with Crippen molar-refractivity contribution in [1.29, 1.82) is 0 Å². The summed E-state index contributed by atoms with van der Waals surface area (Å²) in [6, 6.07) is 3.40. The van der Waals surface area contributed by atoms with E-state index < -0.39 is 11.6 Å². The van der Waals surface area contributed by atoms with Crippen molar-refractivity contribution in [3.05, 3.63) is 35.4 Å². The molecule has 0 heterocycles. The first-order valence-corrected chi connectivity index (χ1v) is 5.83. The van der Waals surface area contributed by atoms with Gasteiger partial charge in [0.25, 0.3) is 0 Å². The lowest BCUT2D eigenvalue weighted by Crippen LogP contribution is -2.23. The molecule has 0 aromatic heterocycles. The molecule has 1 aromatic carbocycles. The number of rotatable bonds is 6. The van der Waals surface area contributed by atoms with E-state index in [1.807, 2.05) is 13.8 Å². The molecule has 0 radical (unpaired) electrons. The molecule has 96 valence electrons. The van der Waals surface area contributed by atoms with E-state index in [0.29, 0.717) is 18.5 Å². The molecule has 2 N–H and O–H groups in total. The maximum Gasteiger partial charge on any atom is 0.127 e. The second-order valence-corrected chi connectivity index (χ2v) is 4.51. The molecule has 0 fully saturated rings. The predicted octanol–water partition coefficient (Wildman–Crippen LogP) is 2.46. The third kappa shape index (κ3) is 4.79. The van der Waals surface area contributed by atoms with Gasteiger partial charge in [0.2, 0.25) is 0 Å². The molecule has 1 aromatic rings. The molecular weight excluding hydrogens is 224 g/mol. The van der Waals surface area contributed by atoms with E-state index >= 15 is 0 Å². The van der Waals surface area contributed by atoms with Gasteiger partial charge in [0, 0.05) is 12.1 Å². The van der Waals surface area contributed by atoms with E-state index in [0.717, 1.165) is 12.1 Å². The van der Waals surface area contributed by atoms with Crippen molar-refractivity contribution >= 4 is 0 Å². The first kappa shape index (κ1) is 14.1. The van der Waals surface area contributed by atoms with Gasteiger partial charge >= 0.3 is 0 Å². The number of nitrogens with one attached hydrogen (secondary N) is 1. The van der Waals surface area contributed by atoms with E-state index in [9.17, 15) is 13.9 Å². The van der Waals surface area contributed by atoms with Crippen molar-refractivity contribution in [3.8, 4) is 0 Å². The van der Waals surface area contributed by atoms with Crippen LogP contribution in [0, 0.1) is 17.6 Å². The molecule has 0 aliphatic heterocycles. The minimum atomic E-state index is -0.439. The van der Waals surface area contributed by atoms with Crippen LogP contribution in [0.5, 0.6) is 0 Å². The summed E-state index contributed by atoms with van der Waals surface area (Å²) in [5.74, 6) is -0.642. The van der Waals surface area contributed by atoms with Crippen molar-refractivity contribution in [1.82, 2.24) is 5.32 Å². The Morgan fingerprint density at radius 1 is 1.29 bits per heavy atom. The SMILES string of the molecule is CC(C)C(O)CCNCc1cc(F)ccc1F. The third-order valence-electron chi connectivity index (χ3n) is 2.71. The lowest BCUT2D eigenvalue weighted by atomic mass is 10.0. The van der Waals surface area contributed by atoms with Gasteiger partial charge < -0.3 is 10.4 Å². The van der Waals surface area contributed by atoms with Gasteiger partial charge in [-0.15, -0.1) is 0 Å². The second kappa shape index (κ2) is 6.67. The molecule has 4 heteroatoms. The number of hydrogen-bond acceptors (Lipinski definition) is 2. The summed E-state index contributed by atoms with van der Waals surface area (Å²) in [5, 5.41) is 12.5. The number of benzene rings is 1. The van der Waals surface area contributed by atoms with Crippen LogP contribution in [-0.4, -0.2) is 17.8 Å². The molecule has 1 atom stereocenters. The highest BCUT2D eigenvalue weighted by molar-refractivity contribution is 5.18. The number of aliphatic hydroxyl groups excluding tert-OH is 1. The maximum atomic E-state index is 13.2. The van der Waals surface area contributed by atoms with Gasteiger partial charge in [0.1, 0.15) is 11.6 Å². The molecule has 17 heavy (non-hydrogen) atoms. The highest BCUT2D eigenvalue weighted by Gasteiger charge is 2.08. The molecule has 1 unspecified atom stereocenters. The monoisotopic (exact) mass is 243 g/mol. The molecule has 1 rings (SSSR count). The smallest absolute Gasteiger partial charge is 0.127 e. The lowest BCUT2D eigenvalue weighted by Gasteiger charge is -2.14. The zero-order chi connectivity index (χ0) is 12.8. The quantitative estimate of drug-likeness (QED) is 0.752. The van der Waals surface area contributed by atoms with Crippen LogP contribution in [0.25, 0.3) is 0 Å². The Morgan fingerprint density at radius 2 is 2.00 bits per heavy atom. The fraction of sp³-hybridized carbons (Fsp3) is 0.538. The zero-order valence-corrected chi connectivity index (χ0v) is 10.2. The van der Waals surface area contributed by atoms with Crippen molar-refractivity contribution < 1.29 is 13.9 Å². The van der Waals surface area contributed by atoms with Crippen molar-refractivity contribution in [2.75, 3.05) is 6.54 Å². The van der Waals surface area contributed by atoms with Gasteiger partial charge in [-0.1, -0.05) is 13.8 Å². The van der Waals surface area contributed by atoms with Gasteiger partial charge in [0.05, 0.1) is 6.10 Å². The Hall–Kier alpha value is -1.00. The van der Waals surface area contributed by atoms with Crippen LogP contribution in [0.4, 0.5) is 8.78 Å². The Morgan fingerprint density at radius 3 is 2.65 bits per heavy atom. The van der Waals surface area contributed by atoms with Crippen LogP contribution in [0.15, 0.2) is 18.2 Å². The van der Waals surface area contributed by atoms with E-state index in [1.54, 1.807) is 0 Å². The summed E-state index contributed by atoms with van der Waals surface area (Å²) < 4.78 is 26.1. The summed E-state index contributed by atoms with van der Waals surface area (Å²) in [7, 11) is 0. The van der Waals surface area contributed by atoms with E-state index in [2.05, 4.69) is 5.32 Å². The first-order chi connectivity index (χ1) is 8.00. The standard InChI is InChI=1S/C13H19F2NO/c1-9(2)13(17)5-6-16-8-10-7-11(14)3-4-12(10)15/h3-4,7,9,13,16-17H,5-6,8H2,1-2H3. The minimum absolute atomic E-state index is 0.211. The van der Waals surface area contributed by atoms with Gasteiger partial charge in [-0.05, 0) is 37.1 Å². The van der Waals surface area contributed by atoms with E-state index in [1.165, 1.54) is 6.07 Å². The highest BCUT2D eigenvalue weighted by Crippen LogP contribution is 2.09. The van der Waals surface area contributed by atoms with Crippen molar-refractivity contribution in [2.24, 2.45) is 5.92 Å². The molecular formula is C13H19F2NO. The average Bonchev–Trinajstić information content (AvgIpc) is 2.28. The molecule has 2 nitrogen and oxygen atoms in total. The van der Waals surface area contributed by atoms with Gasteiger partial charge in [0.15, 0.2) is 0 Å². The molecule has 0 aliphatic carbocycles. The summed E-state index contributed by atoms with van der Waals surface area (Å²) in [6.45, 7) is 4.73. The van der Waals surface area contributed by atoms with Gasteiger partial charge in [-0.3, -0.25) is 0 Å². The Bertz CT molecular complexity index is 355. The summed E-state index contributed by atoms with van der Waals surface area (Å²) in [6.07, 6.45) is 0.245. The van der Waals surface area contributed by atoms with Crippen molar-refractivity contribution in [2.45, 2.75) is 32.9 Å². The summed E-state index contributed by atoms with van der Waals surface area (Å²) in [4.78, 5) is 0. The fourth-order valence-corrected chi connectivity index (χ4v) is 1.49. The van der Waals surface area contributed by atoms with Gasteiger partial charge in [-0.2, -0.15) is 0 Å². The maximum absolute atomic E-state index is 13.2. The topological polar surface area (TPSA) is 32.3 Å². The van der Waals surface area contributed by atoms with Crippen LogP contribution < -0.4 is 5.32 Å². The normalized spacial score (nSPS) is 13.1. The number of hydrogen-bond donors (Lipinski definition) is 2. The Kier molecular flexibility index (Phi) is 5.51. The molecule has 0 saturated carbocycles. The average molecular weight is 243 g/mol. The fourth-order valence-electron chi connectivity index (χ4n) is 1.49. The predicted molar refractivity (Wildman–Crippen MR) is 63.5 cm³/mol. The number of halogens is 2. The van der Waals surface area contributed by atoms with Crippen LogP contribution in [0.2, 0.25) is 0 Å². The Balaban J connectivity index is 2.33. The molecule has 0 bridgehead atoms. The lowest BCUT2D eigenvalue weighted by molar-refractivity contribution is 0.116. The van der Waals surface area contributed by atoms with Crippen molar-refractivity contribution in [3.63, 3.8) is 0 Å². The van der Waals surface area contributed by atoms with Gasteiger partial charge in [-0.25, -0.2) is 8.78 Å². The molecule has 0 amide bonds. The summed E-state index contributed by atoms with van der Waals surface area (Å²) in [5.41, 5.74) is 0.309. The van der Waals surface area contributed by atoms with Crippen LogP contribution in [0.1, 0.15) is 25.8 Å². The summed E-state index contributed by atoms with van der Waals surface area (Å²) >= 11 is 0.